The maximum absolute atomic E-state index is 13.4. The van der Waals surface area contributed by atoms with Crippen LogP contribution in [0.4, 0.5) is 5.13 Å². The van der Waals surface area contributed by atoms with Gasteiger partial charge in [-0.2, -0.15) is 0 Å². The SMILES string of the molecule is COc1ccc(C(=O)N(CCN2CCOCC2)c2nc3c(C)cccc3s2)cc1. The first-order chi connectivity index (χ1) is 14.2. The summed E-state index contributed by atoms with van der Waals surface area (Å²) in [6, 6.07) is 13.4. The van der Waals surface area contributed by atoms with Crippen molar-refractivity contribution < 1.29 is 14.3 Å². The highest BCUT2D eigenvalue weighted by molar-refractivity contribution is 7.22. The van der Waals surface area contributed by atoms with Crippen LogP contribution in [0.2, 0.25) is 0 Å². The molecule has 2 heterocycles. The third kappa shape index (κ3) is 4.42. The molecule has 6 nitrogen and oxygen atoms in total. The topological polar surface area (TPSA) is 54.9 Å². The minimum absolute atomic E-state index is 0.0439. The second-order valence-electron chi connectivity index (χ2n) is 7.06. The highest BCUT2D eigenvalue weighted by atomic mass is 32.1. The smallest absolute Gasteiger partial charge is 0.260 e. The van der Waals surface area contributed by atoms with Crippen LogP contribution in [-0.2, 0) is 4.74 Å². The molecule has 0 spiro atoms. The number of fused-ring (bicyclic) bond motifs is 1. The molecule has 1 aromatic heterocycles. The van der Waals surface area contributed by atoms with Crippen LogP contribution in [0.5, 0.6) is 5.75 Å². The summed E-state index contributed by atoms with van der Waals surface area (Å²) in [6.07, 6.45) is 0. The molecular weight excluding hydrogens is 386 g/mol. The van der Waals surface area contributed by atoms with E-state index < -0.39 is 0 Å². The zero-order valence-corrected chi connectivity index (χ0v) is 17.6. The molecule has 29 heavy (non-hydrogen) atoms. The molecule has 0 bridgehead atoms. The van der Waals surface area contributed by atoms with Crippen molar-refractivity contribution in [1.82, 2.24) is 9.88 Å². The largest absolute Gasteiger partial charge is 0.497 e. The lowest BCUT2D eigenvalue weighted by molar-refractivity contribution is 0.0391. The minimum Gasteiger partial charge on any atom is -0.497 e. The number of methoxy groups -OCH3 is 1. The number of amides is 1. The lowest BCUT2D eigenvalue weighted by Gasteiger charge is -2.29. The van der Waals surface area contributed by atoms with Crippen molar-refractivity contribution >= 4 is 32.6 Å². The Hall–Kier alpha value is -2.48. The van der Waals surface area contributed by atoms with Crippen molar-refractivity contribution in [2.75, 3.05) is 51.4 Å². The highest BCUT2D eigenvalue weighted by Gasteiger charge is 2.23. The molecule has 7 heteroatoms. The van der Waals surface area contributed by atoms with E-state index in [0.29, 0.717) is 12.1 Å². The Bertz CT molecular complexity index is 981. The van der Waals surface area contributed by atoms with E-state index in [-0.39, 0.29) is 5.91 Å². The number of aryl methyl sites for hydroxylation is 1. The van der Waals surface area contributed by atoms with Crippen LogP contribution in [0.15, 0.2) is 42.5 Å². The van der Waals surface area contributed by atoms with E-state index >= 15 is 0 Å². The third-order valence-corrected chi connectivity index (χ3v) is 6.21. The molecule has 2 aromatic carbocycles. The fourth-order valence-electron chi connectivity index (χ4n) is 3.43. The Morgan fingerprint density at radius 2 is 1.97 bits per heavy atom. The lowest BCUT2D eigenvalue weighted by atomic mass is 10.2. The third-order valence-electron chi connectivity index (χ3n) is 5.17. The van der Waals surface area contributed by atoms with Crippen LogP contribution < -0.4 is 9.64 Å². The maximum atomic E-state index is 13.4. The predicted octanol–water partition coefficient (Wildman–Crippen LogP) is 3.59. The summed E-state index contributed by atoms with van der Waals surface area (Å²) in [4.78, 5) is 22.3. The molecule has 1 fully saturated rings. The van der Waals surface area contributed by atoms with Crippen LogP contribution in [0.1, 0.15) is 15.9 Å². The molecule has 1 aliphatic heterocycles. The first kappa shape index (κ1) is 19.8. The van der Waals surface area contributed by atoms with E-state index in [1.165, 1.54) is 0 Å². The van der Waals surface area contributed by atoms with Crippen molar-refractivity contribution in [3.8, 4) is 5.75 Å². The van der Waals surface area contributed by atoms with Gasteiger partial charge in [0.15, 0.2) is 5.13 Å². The molecule has 1 amide bonds. The Labute approximate surface area is 174 Å². The zero-order valence-electron chi connectivity index (χ0n) is 16.8. The molecule has 1 aliphatic rings. The first-order valence-electron chi connectivity index (χ1n) is 9.78. The van der Waals surface area contributed by atoms with Gasteiger partial charge in [-0.05, 0) is 42.8 Å². The fourth-order valence-corrected chi connectivity index (χ4v) is 4.50. The number of carbonyl (C=O) groups is 1. The molecule has 152 valence electrons. The normalized spacial score (nSPS) is 14.8. The summed E-state index contributed by atoms with van der Waals surface area (Å²) < 4.78 is 11.8. The van der Waals surface area contributed by atoms with Gasteiger partial charge in [-0.1, -0.05) is 23.5 Å². The Morgan fingerprint density at radius 3 is 2.66 bits per heavy atom. The van der Waals surface area contributed by atoms with E-state index in [0.717, 1.165) is 59.5 Å². The van der Waals surface area contributed by atoms with Crippen molar-refractivity contribution in [2.24, 2.45) is 0 Å². The number of para-hydroxylation sites is 1. The number of anilines is 1. The first-order valence-corrected chi connectivity index (χ1v) is 10.6. The molecule has 0 saturated carbocycles. The van der Waals surface area contributed by atoms with Gasteiger partial charge in [-0.25, -0.2) is 4.98 Å². The predicted molar refractivity (Wildman–Crippen MR) is 116 cm³/mol. The van der Waals surface area contributed by atoms with Gasteiger partial charge in [0.2, 0.25) is 0 Å². The number of thiazole rings is 1. The van der Waals surface area contributed by atoms with Gasteiger partial charge in [0, 0.05) is 31.7 Å². The molecule has 0 atom stereocenters. The second-order valence-corrected chi connectivity index (χ2v) is 8.07. The number of aromatic nitrogens is 1. The van der Waals surface area contributed by atoms with Gasteiger partial charge in [-0.3, -0.25) is 14.6 Å². The average Bonchev–Trinajstić information content (AvgIpc) is 3.20. The summed E-state index contributed by atoms with van der Waals surface area (Å²) in [5.74, 6) is 0.689. The number of carbonyl (C=O) groups excluding carboxylic acids is 1. The van der Waals surface area contributed by atoms with Crippen LogP contribution in [-0.4, -0.2) is 62.3 Å². The Morgan fingerprint density at radius 1 is 1.21 bits per heavy atom. The fraction of sp³-hybridized carbons (Fsp3) is 0.364. The van der Waals surface area contributed by atoms with Crippen LogP contribution in [0.3, 0.4) is 0 Å². The number of hydrogen-bond donors (Lipinski definition) is 0. The van der Waals surface area contributed by atoms with Crippen molar-refractivity contribution in [1.29, 1.82) is 0 Å². The Balaban J connectivity index is 1.63. The van der Waals surface area contributed by atoms with E-state index in [1.54, 1.807) is 23.3 Å². The van der Waals surface area contributed by atoms with Gasteiger partial charge in [-0.15, -0.1) is 0 Å². The van der Waals surface area contributed by atoms with Gasteiger partial charge in [0.05, 0.1) is 30.5 Å². The zero-order chi connectivity index (χ0) is 20.2. The summed E-state index contributed by atoms with van der Waals surface area (Å²) in [7, 11) is 1.62. The van der Waals surface area contributed by atoms with Crippen molar-refractivity contribution in [3.63, 3.8) is 0 Å². The van der Waals surface area contributed by atoms with Gasteiger partial charge in [0.25, 0.3) is 5.91 Å². The second kappa shape index (κ2) is 8.90. The van der Waals surface area contributed by atoms with Gasteiger partial charge >= 0.3 is 0 Å². The molecule has 4 rings (SSSR count). The van der Waals surface area contributed by atoms with Crippen LogP contribution in [0.25, 0.3) is 10.2 Å². The number of ether oxygens (including phenoxy) is 2. The van der Waals surface area contributed by atoms with E-state index in [2.05, 4.69) is 24.0 Å². The quantitative estimate of drug-likeness (QED) is 0.620. The number of nitrogens with zero attached hydrogens (tertiary/aromatic N) is 3. The van der Waals surface area contributed by atoms with Crippen LogP contribution >= 0.6 is 11.3 Å². The van der Waals surface area contributed by atoms with Crippen molar-refractivity contribution in [2.45, 2.75) is 6.92 Å². The number of morpholine rings is 1. The molecule has 0 aliphatic carbocycles. The summed E-state index contributed by atoms with van der Waals surface area (Å²) in [6.45, 7) is 6.70. The number of benzene rings is 2. The van der Waals surface area contributed by atoms with Crippen LogP contribution in [0, 0.1) is 6.92 Å². The van der Waals surface area contributed by atoms with Gasteiger partial charge < -0.3 is 9.47 Å². The van der Waals surface area contributed by atoms with Crippen molar-refractivity contribution in [3.05, 3.63) is 53.6 Å². The lowest BCUT2D eigenvalue weighted by Crippen LogP contribution is -2.43. The van der Waals surface area contributed by atoms with E-state index in [1.807, 2.05) is 30.3 Å². The number of hydrogen-bond acceptors (Lipinski definition) is 6. The summed E-state index contributed by atoms with van der Waals surface area (Å²) in [5.41, 5.74) is 2.71. The summed E-state index contributed by atoms with van der Waals surface area (Å²) in [5, 5.41) is 0.739. The Kier molecular flexibility index (Phi) is 6.08. The molecule has 0 N–H and O–H groups in total. The van der Waals surface area contributed by atoms with E-state index in [9.17, 15) is 4.79 Å². The molecular formula is C22H25N3O3S. The molecule has 3 aromatic rings. The molecule has 0 radical (unpaired) electrons. The summed E-state index contributed by atoms with van der Waals surface area (Å²) >= 11 is 1.56. The minimum atomic E-state index is -0.0439. The average molecular weight is 412 g/mol. The highest BCUT2D eigenvalue weighted by Crippen LogP contribution is 2.31. The standard InChI is InChI=1S/C22H25N3O3S/c1-16-4-3-5-19-20(16)23-22(29-19)25(11-10-24-12-14-28-15-13-24)21(26)17-6-8-18(27-2)9-7-17/h3-9H,10-15H2,1-2H3. The van der Waals surface area contributed by atoms with E-state index in [4.69, 9.17) is 14.5 Å². The van der Waals surface area contributed by atoms with Gasteiger partial charge in [0.1, 0.15) is 5.75 Å². The molecule has 1 saturated heterocycles. The molecule has 0 unspecified atom stereocenters. The maximum Gasteiger partial charge on any atom is 0.260 e. The monoisotopic (exact) mass is 411 g/mol. The number of rotatable bonds is 6.